The number of hydrogen-bond acceptors (Lipinski definition) is 2. The van der Waals surface area contributed by atoms with Crippen LogP contribution in [0.4, 0.5) is 0 Å². The Labute approximate surface area is 99.4 Å². The van der Waals surface area contributed by atoms with E-state index in [0.717, 1.165) is 11.4 Å². The molecule has 0 saturated carbocycles. The van der Waals surface area contributed by atoms with Crippen molar-refractivity contribution in [3.63, 3.8) is 0 Å². The molecule has 0 spiro atoms. The fraction of sp³-hybridized carbons (Fsp3) is 0.167. The zero-order valence-electron chi connectivity index (χ0n) is 9.10. The number of nitrogens with one attached hydrogen (secondary N) is 1. The van der Waals surface area contributed by atoms with Gasteiger partial charge in [0.1, 0.15) is 0 Å². The van der Waals surface area contributed by atoms with Crippen LogP contribution in [0.15, 0.2) is 36.9 Å². The maximum Gasteiger partial charge on any atom is 0.195 e. The van der Waals surface area contributed by atoms with Gasteiger partial charge in [-0.15, -0.1) is 6.58 Å². The summed E-state index contributed by atoms with van der Waals surface area (Å²) in [7, 11) is 0. The zero-order valence-corrected chi connectivity index (χ0v) is 9.92. The largest absolute Gasteiger partial charge is 0.296 e. The quantitative estimate of drug-likeness (QED) is 0.650. The minimum Gasteiger partial charge on any atom is -0.296 e. The van der Waals surface area contributed by atoms with E-state index in [9.17, 15) is 0 Å². The summed E-state index contributed by atoms with van der Waals surface area (Å²) in [5.41, 5.74) is 2.29. The van der Waals surface area contributed by atoms with E-state index >= 15 is 0 Å². The maximum atomic E-state index is 5.16. The molecule has 0 bridgehead atoms. The van der Waals surface area contributed by atoms with Crippen molar-refractivity contribution in [2.75, 3.05) is 0 Å². The minimum absolute atomic E-state index is 0.621. The summed E-state index contributed by atoms with van der Waals surface area (Å²) in [5, 5.41) is 7.04. The van der Waals surface area contributed by atoms with E-state index < -0.39 is 0 Å². The fourth-order valence-corrected chi connectivity index (χ4v) is 1.75. The highest BCUT2D eigenvalue weighted by Gasteiger charge is 2.06. The molecule has 4 heteroatoms. The second-order valence-electron chi connectivity index (χ2n) is 3.62. The third-order valence-electron chi connectivity index (χ3n) is 2.38. The van der Waals surface area contributed by atoms with Gasteiger partial charge < -0.3 is 0 Å². The van der Waals surface area contributed by atoms with Gasteiger partial charge in [-0.2, -0.15) is 5.10 Å². The first-order chi connectivity index (χ1) is 7.72. The Morgan fingerprint density at radius 1 is 1.44 bits per heavy atom. The van der Waals surface area contributed by atoms with Crippen molar-refractivity contribution in [2.24, 2.45) is 0 Å². The average Bonchev–Trinajstić information content (AvgIpc) is 2.63. The summed E-state index contributed by atoms with van der Waals surface area (Å²) in [6.07, 6.45) is 1.81. The van der Waals surface area contributed by atoms with E-state index in [1.54, 1.807) is 0 Å². The van der Waals surface area contributed by atoms with Crippen LogP contribution in [0.3, 0.4) is 0 Å². The van der Waals surface area contributed by atoms with Gasteiger partial charge in [0.2, 0.25) is 0 Å². The summed E-state index contributed by atoms with van der Waals surface area (Å²) in [4.78, 5) is 0. The monoisotopic (exact) mass is 231 g/mol. The van der Waals surface area contributed by atoms with Crippen LogP contribution in [-0.4, -0.2) is 14.8 Å². The molecule has 0 aliphatic carbocycles. The highest BCUT2D eigenvalue weighted by molar-refractivity contribution is 7.71. The van der Waals surface area contributed by atoms with Crippen LogP contribution in [0.5, 0.6) is 0 Å². The minimum atomic E-state index is 0.621. The number of aryl methyl sites for hydroxylation is 1. The molecule has 82 valence electrons. The van der Waals surface area contributed by atoms with E-state index in [1.807, 2.05) is 22.8 Å². The van der Waals surface area contributed by atoms with Gasteiger partial charge in [0, 0.05) is 12.1 Å². The van der Waals surface area contributed by atoms with Gasteiger partial charge in [0.25, 0.3) is 0 Å². The molecule has 3 nitrogen and oxygen atoms in total. The zero-order chi connectivity index (χ0) is 11.5. The van der Waals surface area contributed by atoms with Crippen LogP contribution in [0.25, 0.3) is 11.4 Å². The Kier molecular flexibility index (Phi) is 3.01. The molecule has 0 aliphatic heterocycles. The number of nitrogens with zero attached hydrogens (tertiary/aromatic N) is 2. The van der Waals surface area contributed by atoms with E-state index in [2.05, 4.69) is 35.8 Å². The molecular formula is C12H13N3S. The van der Waals surface area contributed by atoms with E-state index in [-0.39, 0.29) is 0 Å². The summed E-state index contributed by atoms with van der Waals surface area (Å²) in [6, 6.07) is 8.20. The second kappa shape index (κ2) is 4.45. The molecule has 0 atom stereocenters. The SMILES string of the molecule is C=CCn1c(-c2ccc(C)cc2)n[nH]c1=S. The van der Waals surface area contributed by atoms with E-state index in [4.69, 9.17) is 12.2 Å². The fourth-order valence-electron chi connectivity index (χ4n) is 1.54. The Morgan fingerprint density at radius 3 is 2.75 bits per heavy atom. The van der Waals surface area contributed by atoms with Gasteiger partial charge in [0.15, 0.2) is 10.6 Å². The average molecular weight is 231 g/mol. The third kappa shape index (κ3) is 1.97. The number of benzene rings is 1. The number of rotatable bonds is 3. The molecule has 0 fully saturated rings. The van der Waals surface area contributed by atoms with Crippen molar-refractivity contribution in [3.8, 4) is 11.4 Å². The summed E-state index contributed by atoms with van der Waals surface area (Å²) in [5.74, 6) is 0.852. The molecule has 0 amide bonds. The number of allylic oxidation sites excluding steroid dienone is 1. The Morgan fingerprint density at radius 2 is 2.12 bits per heavy atom. The van der Waals surface area contributed by atoms with Crippen LogP contribution >= 0.6 is 12.2 Å². The Balaban J connectivity index is 2.51. The Bertz CT molecular complexity index is 548. The molecule has 2 rings (SSSR count). The lowest BCUT2D eigenvalue weighted by Crippen LogP contribution is -1.98. The highest BCUT2D eigenvalue weighted by Crippen LogP contribution is 2.17. The van der Waals surface area contributed by atoms with Crippen LogP contribution in [0.2, 0.25) is 0 Å². The molecular weight excluding hydrogens is 218 g/mol. The number of hydrogen-bond donors (Lipinski definition) is 1. The lowest BCUT2D eigenvalue weighted by Gasteiger charge is -2.03. The van der Waals surface area contributed by atoms with E-state index in [0.29, 0.717) is 11.3 Å². The van der Waals surface area contributed by atoms with Gasteiger partial charge in [-0.3, -0.25) is 9.67 Å². The number of aromatic amines is 1. The first-order valence-corrected chi connectivity index (χ1v) is 5.46. The number of aromatic nitrogens is 3. The predicted molar refractivity (Wildman–Crippen MR) is 67.8 cm³/mol. The molecule has 1 aromatic heterocycles. The summed E-state index contributed by atoms with van der Waals surface area (Å²) >= 11 is 5.16. The van der Waals surface area contributed by atoms with Crippen molar-refractivity contribution < 1.29 is 0 Å². The van der Waals surface area contributed by atoms with Crippen molar-refractivity contribution >= 4 is 12.2 Å². The molecule has 0 unspecified atom stereocenters. The van der Waals surface area contributed by atoms with Gasteiger partial charge in [0.05, 0.1) is 0 Å². The Hall–Kier alpha value is -1.68. The molecule has 16 heavy (non-hydrogen) atoms. The standard InChI is InChI=1S/C12H13N3S/c1-3-8-15-11(13-14-12(15)16)10-6-4-9(2)5-7-10/h3-7H,1,8H2,2H3,(H,14,16). The molecule has 2 aromatic rings. The van der Waals surface area contributed by atoms with E-state index in [1.165, 1.54) is 5.56 Å². The molecule has 1 aromatic carbocycles. The van der Waals surface area contributed by atoms with Crippen LogP contribution < -0.4 is 0 Å². The lowest BCUT2D eigenvalue weighted by molar-refractivity contribution is 0.814. The third-order valence-corrected chi connectivity index (χ3v) is 2.69. The van der Waals surface area contributed by atoms with Crippen LogP contribution in [-0.2, 0) is 6.54 Å². The van der Waals surface area contributed by atoms with Crippen molar-refractivity contribution in [3.05, 3.63) is 47.3 Å². The van der Waals surface area contributed by atoms with Crippen LogP contribution in [0, 0.1) is 11.7 Å². The number of H-pyrrole nitrogens is 1. The van der Waals surface area contributed by atoms with Gasteiger partial charge in [-0.1, -0.05) is 35.9 Å². The molecule has 0 saturated heterocycles. The molecule has 1 N–H and O–H groups in total. The molecule has 1 heterocycles. The predicted octanol–water partition coefficient (Wildman–Crippen LogP) is 3.10. The second-order valence-corrected chi connectivity index (χ2v) is 4.00. The first-order valence-electron chi connectivity index (χ1n) is 5.05. The lowest BCUT2D eigenvalue weighted by atomic mass is 10.1. The summed E-state index contributed by atoms with van der Waals surface area (Å²) in [6.45, 7) is 6.44. The van der Waals surface area contributed by atoms with Crippen molar-refractivity contribution in [2.45, 2.75) is 13.5 Å². The smallest absolute Gasteiger partial charge is 0.195 e. The first kappa shape index (κ1) is 10.8. The molecule has 0 aliphatic rings. The van der Waals surface area contributed by atoms with Gasteiger partial charge in [-0.25, -0.2) is 0 Å². The van der Waals surface area contributed by atoms with Crippen molar-refractivity contribution in [1.82, 2.24) is 14.8 Å². The normalized spacial score (nSPS) is 10.3. The summed E-state index contributed by atoms with van der Waals surface area (Å²) < 4.78 is 2.54. The topological polar surface area (TPSA) is 33.6 Å². The van der Waals surface area contributed by atoms with Gasteiger partial charge >= 0.3 is 0 Å². The molecule has 0 radical (unpaired) electrons. The van der Waals surface area contributed by atoms with Crippen molar-refractivity contribution in [1.29, 1.82) is 0 Å². The van der Waals surface area contributed by atoms with Gasteiger partial charge in [-0.05, 0) is 19.1 Å². The highest BCUT2D eigenvalue weighted by atomic mass is 32.1. The maximum absolute atomic E-state index is 5.16. The van der Waals surface area contributed by atoms with Crippen LogP contribution in [0.1, 0.15) is 5.56 Å².